The second kappa shape index (κ2) is 7.46. The van der Waals surface area contributed by atoms with Crippen LogP contribution in [-0.4, -0.2) is 30.1 Å². The van der Waals surface area contributed by atoms with Crippen LogP contribution >= 0.6 is 0 Å². The highest BCUT2D eigenvalue weighted by Crippen LogP contribution is 2.26. The van der Waals surface area contributed by atoms with E-state index in [1.54, 1.807) is 11.1 Å². The van der Waals surface area contributed by atoms with Gasteiger partial charge in [-0.15, -0.1) is 0 Å². The highest BCUT2D eigenvalue weighted by atomic mass is 19.1. The van der Waals surface area contributed by atoms with Gasteiger partial charge in [0.1, 0.15) is 17.3 Å². The average molecular weight is 346 g/mol. The van der Waals surface area contributed by atoms with Gasteiger partial charge in [0.25, 0.3) is 0 Å². The fraction of sp³-hybridized carbons (Fsp3) is 0.333. The number of aryl methyl sites for hydroxylation is 1. The number of anilines is 1. The zero-order valence-corrected chi connectivity index (χ0v) is 13.9. The molecule has 0 spiro atoms. The van der Waals surface area contributed by atoms with Crippen molar-refractivity contribution in [2.75, 3.05) is 18.0 Å². The molecule has 2 heterocycles. The number of carbonyl (C=O) groups is 1. The van der Waals surface area contributed by atoms with Crippen LogP contribution in [0.2, 0.25) is 0 Å². The van der Waals surface area contributed by atoms with E-state index in [0.29, 0.717) is 26.1 Å². The topological polar surface area (TPSA) is 57.3 Å². The van der Waals surface area contributed by atoms with Gasteiger partial charge in [0, 0.05) is 25.3 Å². The lowest BCUT2D eigenvalue weighted by molar-refractivity contribution is 0.237. The van der Waals surface area contributed by atoms with E-state index in [-0.39, 0.29) is 17.8 Å². The Morgan fingerprint density at radius 1 is 1.28 bits per heavy atom. The Kier molecular flexibility index (Phi) is 5.11. The first-order valence-electron chi connectivity index (χ1n) is 8.18. The molecule has 1 unspecified atom stereocenters. The number of amides is 2. The van der Waals surface area contributed by atoms with Crippen LogP contribution in [0.1, 0.15) is 17.7 Å². The molecule has 0 bridgehead atoms. The third-order valence-corrected chi connectivity index (χ3v) is 4.31. The molecule has 0 aliphatic carbocycles. The number of urea groups is 1. The Bertz CT molecular complexity index is 748. The molecule has 0 radical (unpaired) electrons. The van der Waals surface area contributed by atoms with Crippen molar-refractivity contribution in [3.63, 3.8) is 0 Å². The number of pyridine rings is 1. The zero-order chi connectivity index (χ0) is 17.8. The van der Waals surface area contributed by atoms with Crippen molar-refractivity contribution < 1.29 is 13.6 Å². The summed E-state index contributed by atoms with van der Waals surface area (Å²) < 4.78 is 27.7. The summed E-state index contributed by atoms with van der Waals surface area (Å²) in [7, 11) is 0. The maximum atomic E-state index is 13.8. The van der Waals surface area contributed by atoms with Crippen LogP contribution in [0, 0.1) is 18.6 Å². The molecule has 1 atom stereocenters. The Balaban J connectivity index is 1.53. The summed E-state index contributed by atoms with van der Waals surface area (Å²) in [6, 6.07) is 7.11. The van der Waals surface area contributed by atoms with Crippen molar-refractivity contribution in [3.05, 3.63) is 59.4 Å². The van der Waals surface area contributed by atoms with Crippen LogP contribution in [0.3, 0.4) is 0 Å². The van der Waals surface area contributed by atoms with E-state index >= 15 is 0 Å². The molecule has 1 aliphatic rings. The number of aromatic nitrogens is 1. The maximum absolute atomic E-state index is 13.8. The van der Waals surface area contributed by atoms with E-state index in [4.69, 9.17) is 0 Å². The lowest BCUT2D eigenvalue weighted by atomic mass is 10.2. The molecule has 2 amide bonds. The minimum atomic E-state index is -0.587. The van der Waals surface area contributed by atoms with E-state index in [1.165, 1.54) is 18.2 Å². The molecule has 1 saturated heterocycles. The van der Waals surface area contributed by atoms with E-state index in [0.717, 1.165) is 11.3 Å². The summed E-state index contributed by atoms with van der Waals surface area (Å²) in [4.78, 5) is 17.9. The molecule has 132 valence electrons. The third-order valence-electron chi connectivity index (χ3n) is 4.31. The van der Waals surface area contributed by atoms with Gasteiger partial charge in [-0.05, 0) is 37.1 Å². The Morgan fingerprint density at radius 2 is 2.04 bits per heavy atom. The molecule has 3 rings (SSSR count). The van der Waals surface area contributed by atoms with E-state index in [2.05, 4.69) is 15.6 Å². The van der Waals surface area contributed by atoms with Gasteiger partial charge in [-0.3, -0.25) is 4.98 Å². The lowest BCUT2D eigenvalue weighted by Crippen LogP contribution is -2.43. The number of carbonyl (C=O) groups excluding carboxylic acids is 1. The molecule has 5 nitrogen and oxygen atoms in total. The summed E-state index contributed by atoms with van der Waals surface area (Å²) in [6.45, 7) is 3.12. The van der Waals surface area contributed by atoms with Gasteiger partial charge in [0.05, 0.1) is 12.2 Å². The first-order valence-corrected chi connectivity index (χ1v) is 8.18. The number of rotatable bonds is 4. The summed E-state index contributed by atoms with van der Waals surface area (Å²) >= 11 is 0. The van der Waals surface area contributed by atoms with Crippen LogP contribution in [0.4, 0.5) is 19.3 Å². The highest BCUT2D eigenvalue weighted by molar-refractivity contribution is 5.74. The van der Waals surface area contributed by atoms with Gasteiger partial charge in [-0.1, -0.05) is 12.1 Å². The van der Waals surface area contributed by atoms with E-state index in [9.17, 15) is 13.6 Å². The van der Waals surface area contributed by atoms with Gasteiger partial charge in [0.2, 0.25) is 0 Å². The number of nitrogens with zero attached hydrogens (tertiary/aromatic N) is 2. The van der Waals surface area contributed by atoms with Crippen LogP contribution in [0.5, 0.6) is 0 Å². The number of nitrogens with one attached hydrogen (secondary N) is 2. The molecule has 2 N–H and O–H groups in total. The zero-order valence-electron chi connectivity index (χ0n) is 13.9. The predicted octanol–water partition coefficient (Wildman–Crippen LogP) is 2.75. The number of benzene rings is 1. The van der Waals surface area contributed by atoms with Crippen molar-refractivity contribution in [3.8, 4) is 0 Å². The monoisotopic (exact) mass is 346 g/mol. The van der Waals surface area contributed by atoms with Crippen molar-refractivity contribution in [2.45, 2.75) is 25.9 Å². The average Bonchev–Trinajstić information content (AvgIpc) is 3.02. The fourth-order valence-electron chi connectivity index (χ4n) is 2.98. The van der Waals surface area contributed by atoms with E-state index in [1.807, 2.05) is 19.1 Å². The molecule has 0 saturated carbocycles. The molecule has 25 heavy (non-hydrogen) atoms. The van der Waals surface area contributed by atoms with Gasteiger partial charge in [-0.25, -0.2) is 13.6 Å². The van der Waals surface area contributed by atoms with Crippen molar-refractivity contribution in [1.82, 2.24) is 15.6 Å². The van der Waals surface area contributed by atoms with Gasteiger partial charge in [-0.2, -0.15) is 0 Å². The van der Waals surface area contributed by atoms with E-state index < -0.39 is 11.6 Å². The third kappa shape index (κ3) is 4.04. The SMILES string of the molecule is Cc1cccnc1CNC(=O)NC1CCN(c2c(F)cccc2F)C1. The van der Waals surface area contributed by atoms with Gasteiger partial charge < -0.3 is 15.5 Å². The molecule has 1 aromatic carbocycles. The smallest absolute Gasteiger partial charge is 0.315 e. The summed E-state index contributed by atoms with van der Waals surface area (Å²) in [5.41, 5.74) is 1.78. The van der Waals surface area contributed by atoms with Gasteiger partial charge in [0.15, 0.2) is 0 Å². The lowest BCUT2D eigenvalue weighted by Gasteiger charge is -2.20. The molecule has 2 aromatic rings. The standard InChI is InChI=1S/C18H20F2N4O/c1-12-4-3-8-21-16(12)10-22-18(25)23-13-7-9-24(11-13)17-14(19)5-2-6-15(17)20/h2-6,8,13H,7,9-11H2,1H3,(H2,22,23,25). The summed E-state index contributed by atoms with van der Waals surface area (Å²) in [5.74, 6) is -1.17. The van der Waals surface area contributed by atoms with Crippen LogP contribution in [0.15, 0.2) is 36.5 Å². The molecular formula is C18H20F2N4O. The number of halogens is 2. The molecule has 1 aromatic heterocycles. The van der Waals surface area contributed by atoms with Crippen LogP contribution in [0.25, 0.3) is 0 Å². The highest BCUT2D eigenvalue weighted by Gasteiger charge is 2.27. The number of para-hydroxylation sites is 1. The largest absolute Gasteiger partial charge is 0.365 e. The molecule has 1 aliphatic heterocycles. The summed E-state index contributed by atoms with van der Waals surface area (Å²) in [6.07, 6.45) is 2.31. The minimum Gasteiger partial charge on any atom is -0.365 e. The molecule has 7 heteroatoms. The molecule has 1 fully saturated rings. The fourth-order valence-corrected chi connectivity index (χ4v) is 2.98. The second-order valence-corrected chi connectivity index (χ2v) is 6.10. The number of hydrogen-bond acceptors (Lipinski definition) is 3. The molecular weight excluding hydrogens is 326 g/mol. The maximum Gasteiger partial charge on any atom is 0.315 e. The Hall–Kier alpha value is -2.70. The summed E-state index contributed by atoms with van der Waals surface area (Å²) in [5, 5.41) is 5.61. The van der Waals surface area contributed by atoms with Crippen molar-refractivity contribution >= 4 is 11.7 Å². The van der Waals surface area contributed by atoms with Gasteiger partial charge >= 0.3 is 6.03 Å². The Morgan fingerprint density at radius 3 is 2.76 bits per heavy atom. The normalized spacial score (nSPS) is 16.8. The second-order valence-electron chi connectivity index (χ2n) is 6.10. The number of hydrogen-bond donors (Lipinski definition) is 2. The van der Waals surface area contributed by atoms with Crippen LogP contribution in [-0.2, 0) is 6.54 Å². The van der Waals surface area contributed by atoms with Crippen LogP contribution < -0.4 is 15.5 Å². The Labute approximate surface area is 145 Å². The predicted molar refractivity (Wildman–Crippen MR) is 91.3 cm³/mol. The van der Waals surface area contributed by atoms with Crippen molar-refractivity contribution in [1.29, 1.82) is 0 Å². The first kappa shape index (κ1) is 17.1. The van der Waals surface area contributed by atoms with Crippen molar-refractivity contribution in [2.24, 2.45) is 0 Å². The first-order chi connectivity index (χ1) is 12.0. The minimum absolute atomic E-state index is 0.0312. The quantitative estimate of drug-likeness (QED) is 0.895.